The molecule has 0 unspecified atom stereocenters. The Morgan fingerprint density at radius 1 is 1.27 bits per heavy atom. The van der Waals surface area contributed by atoms with Gasteiger partial charge in [0.25, 0.3) is 0 Å². The molecule has 0 amide bonds. The number of halogens is 4. The summed E-state index contributed by atoms with van der Waals surface area (Å²) in [5.41, 5.74) is 0.574. The molecule has 0 bridgehead atoms. The molecule has 0 aliphatic rings. The summed E-state index contributed by atoms with van der Waals surface area (Å²) in [6, 6.07) is 5.04. The fraction of sp³-hybridized carbons (Fsp3) is 0.222. The molecular weight excluding hydrogens is 371 g/mol. The first-order valence-electron chi connectivity index (χ1n) is 3.90. The van der Waals surface area contributed by atoms with Crippen LogP contribution in [0.15, 0.2) is 18.2 Å². The Labute approximate surface area is 114 Å². The van der Waals surface area contributed by atoms with Gasteiger partial charge in [-0.25, -0.2) is 0 Å². The third-order valence-corrected chi connectivity index (χ3v) is 5.04. The second-order valence-electron chi connectivity index (χ2n) is 2.78. The van der Waals surface area contributed by atoms with Gasteiger partial charge in [-0.15, -0.1) is 0 Å². The molecule has 1 rings (SSSR count). The minimum Gasteiger partial charge on any atom is -0.480 e. The largest absolute Gasteiger partial charge is 0.480 e. The molecule has 0 heterocycles. The number of carboxylic acid groups (broad SMARTS) is 1. The maximum atomic E-state index is 10.8. The van der Waals surface area contributed by atoms with Crippen LogP contribution in [-0.4, -0.2) is 15.9 Å². The SMILES string of the molecule is O=C(O)[C@@H](Br)[C@@H](Br)c1c(Cl)cccc1Cl. The van der Waals surface area contributed by atoms with Gasteiger partial charge >= 0.3 is 5.97 Å². The molecule has 2 nitrogen and oxygen atoms in total. The lowest BCUT2D eigenvalue weighted by atomic mass is 10.1. The summed E-state index contributed by atoms with van der Waals surface area (Å²) in [5.74, 6) is -0.979. The molecule has 1 N–H and O–H groups in total. The Morgan fingerprint density at radius 3 is 2.13 bits per heavy atom. The van der Waals surface area contributed by atoms with Crippen molar-refractivity contribution in [3.8, 4) is 0 Å². The lowest BCUT2D eigenvalue weighted by molar-refractivity contribution is -0.136. The van der Waals surface area contributed by atoms with E-state index in [4.69, 9.17) is 28.3 Å². The second kappa shape index (κ2) is 5.53. The lowest BCUT2D eigenvalue weighted by Gasteiger charge is -2.16. The predicted molar refractivity (Wildman–Crippen MR) is 68.5 cm³/mol. The van der Waals surface area contributed by atoms with Crippen molar-refractivity contribution in [3.05, 3.63) is 33.8 Å². The normalized spacial score (nSPS) is 14.7. The van der Waals surface area contributed by atoms with Crippen LogP contribution in [0.4, 0.5) is 0 Å². The van der Waals surface area contributed by atoms with Crippen molar-refractivity contribution < 1.29 is 9.90 Å². The Bertz CT molecular complexity index is 364. The highest BCUT2D eigenvalue weighted by Crippen LogP contribution is 2.39. The zero-order valence-electron chi connectivity index (χ0n) is 7.25. The van der Waals surface area contributed by atoms with Gasteiger partial charge in [0.2, 0.25) is 0 Å². The third kappa shape index (κ3) is 3.09. The lowest BCUT2D eigenvalue weighted by Crippen LogP contribution is -2.18. The maximum absolute atomic E-state index is 10.8. The van der Waals surface area contributed by atoms with E-state index < -0.39 is 15.6 Å². The maximum Gasteiger partial charge on any atom is 0.318 e. The van der Waals surface area contributed by atoms with E-state index in [1.165, 1.54) is 0 Å². The number of rotatable bonds is 3. The van der Waals surface area contributed by atoms with Gasteiger partial charge < -0.3 is 5.11 Å². The zero-order chi connectivity index (χ0) is 11.6. The van der Waals surface area contributed by atoms with Crippen LogP contribution in [0.5, 0.6) is 0 Å². The third-order valence-electron chi connectivity index (χ3n) is 1.77. The number of carbonyl (C=O) groups is 1. The second-order valence-corrected chi connectivity index (χ2v) is 5.56. The Morgan fingerprint density at radius 2 is 1.73 bits per heavy atom. The molecule has 0 saturated carbocycles. The number of hydrogen-bond acceptors (Lipinski definition) is 1. The van der Waals surface area contributed by atoms with E-state index >= 15 is 0 Å². The van der Waals surface area contributed by atoms with Crippen LogP contribution in [-0.2, 0) is 4.79 Å². The van der Waals surface area contributed by atoms with Gasteiger partial charge in [-0.2, -0.15) is 0 Å². The monoisotopic (exact) mass is 374 g/mol. The molecule has 0 fully saturated rings. The predicted octanol–water partition coefficient (Wildman–Crippen LogP) is 4.28. The van der Waals surface area contributed by atoms with Crippen LogP contribution in [0.25, 0.3) is 0 Å². The first-order chi connectivity index (χ1) is 6.95. The van der Waals surface area contributed by atoms with Gasteiger partial charge in [-0.1, -0.05) is 61.1 Å². The summed E-state index contributed by atoms with van der Waals surface area (Å²) in [6.45, 7) is 0. The Balaban J connectivity index is 3.10. The van der Waals surface area contributed by atoms with E-state index in [0.29, 0.717) is 15.6 Å². The van der Waals surface area contributed by atoms with Crippen LogP contribution >= 0.6 is 55.1 Å². The van der Waals surface area contributed by atoms with Crippen LogP contribution in [0.2, 0.25) is 10.0 Å². The van der Waals surface area contributed by atoms with Crippen molar-refractivity contribution in [1.29, 1.82) is 0 Å². The molecule has 1 aromatic carbocycles. The first kappa shape index (κ1) is 13.3. The molecule has 1 aromatic rings. The molecule has 0 aliphatic carbocycles. The van der Waals surface area contributed by atoms with Gasteiger partial charge in [0.1, 0.15) is 4.83 Å². The molecule has 0 aromatic heterocycles. The average Bonchev–Trinajstić information content (AvgIpc) is 2.15. The van der Waals surface area contributed by atoms with Gasteiger partial charge in [0, 0.05) is 15.6 Å². The van der Waals surface area contributed by atoms with E-state index in [1.807, 2.05) is 0 Å². The summed E-state index contributed by atoms with van der Waals surface area (Å²) in [7, 11) is 0. The highest BCUT2D eigenvalue weighted by Gasteiger charge is 2.27. The highest BCUT2D eigenvalue weighted by atomic mass is 79.9. The number of hydrogen-bond donors (Lipinski definition) is 1. The van der Waals surface area contributed by atoms with E-state index in [-0.39, 0.29) is 0 Å². The van der Waals surface area contributed by atoms with Crippen molar-refractivity contribution >= 4 is 61.0 Å². The van der Waals surface area contributed by atoms with E-state index in [1.54, 1.807) is 18.2 Å². The summed E-state index contributed by atoms with van der Waals surface area (Å²) in [4.78, 5) is 9.52. The molecule has 0 spiro atoms. The van der Waals surface area contributed by atoms with Crippen LogP contribution < -0.4 is 0 Å². The molecule has 15 heavy (non-hydrogen) atoms. The van der Waals surface area contributed by atoms with Crippen molar-refractivity contribution in [2.45, 2.75) is 9.65 Å². The van der Waals surface area contributed by atoms with Crippen LogP contribution in [0.3, 0.4) is 0 Å². The van der Waals surface area contributed by atoms with E-state index in [2.05, 4.69) is 31.9 Å². The number of alkyl halides is 2. The standard InChI is InChI=1S/C9H6Br2Cl2O2/c10-7(8(11)9(14)15)6-4(12)2-1-3-5(6)13/h1-3,7-8H,(H,14,15)/t7-,8-/m0/s1. The van der Waals surface area contributed by atoms with Gasteiger partial charge in [0.05, 0.1) is 4.83 Å². The Kier molecular flexibility index (Phi) is 4.90. The molecule has 82 valence electrons. The first-order valence-corrected chi connectivity index (χ1v) is 6.48. The number of aliphatic carboxylic acids is 1. The van der Waals surface area contributed by atoms with E-state index in [9.17, 15) is 4.79 Å². The fourth-order valence-corrected chi connectivity index (χ4v) is 2.93. The average molecular weight is 377 g/mol. The van der Waals surface area contributed by atoms with Gasteiger partial charge in [-0.05, 0) is 12.1 Å². The molecule has 0 saturated heterocycles. The van der Waals surface area contributed by atoms with Crippen molar-refractivity contribution in [2.24, 2.45) is 0 Å². The minimum atomic E-state index is -0.979. The quantitative estimate of drug-likeness (QED) is 0.799. The fourth-order valence-electron chi connectivity index (χ4n) is 1.05. The van der Waals surface area contributed by atoms with Gasteiger partial charge in [-0.3, -0.25) is 4.79 Å². The highest BCUT2D eigenvalue weighted by molar-refractivity contribution is 9.12. The molecule has 6 heteroatoms. The summed E-state index contributed by atoms with van der Waals surface area (Å²) in [5, 5.41) is 9.71. The number of benzene rings is 1. The minimum absolute atomic E-state index is 0.440. The molecule has 0 aliphatic heterocycles. The van der Waals surface area contributed by atoms with Gasteiger partial charge in [0.15, 0.2) is 0 Å². The number of carboxylic acids is 1. The van der Waals surface area contributed by atoms with Crippen LogP contribution in [0, 0.1) is 0 Å². The summed E-state index contributed by atoms with van der Waals surface area (Å²) >= 11 is 18.2. The molecular formula is C9H6Br2Cl2O2. The van der Waals surface area contributed by atoms with Crippen molar-refractivity contribution in [3.63, 3.8) is 0 Å². The summed E-state index contributed by atoms with van der Waals surface area (Å²) in [6.07, 6.45) is 0. The molecule has 2 atom stereocenters. The van der Waals surface area contributed by atoms with Crippen molar-refractivity contribution in [2.75, 3.05) is 0 Å². The van der Waals surface area contributed by atoms with Crippen LogP contribution in [0.1, 0.15) is 10.4 Å². The molecule has 0 radical (unpaired) electrons. The van der Waals surface area contributed by atoms with E-state index in [0.717, 1.165) is 0 Å². The Hall–Kier alpha value is 0.230. The zero-order valence-corrected chi connectivity index (χ0v) is 11.9. The topological polar surface area (TPSA) is 37.3 Å². The summed E-state index contributed by atoms with van der Waals surface area (Å²) < 4.78 is 0. The van der Waals surface area contributed by atoms with Crippen molar-refractivity contribution in [1.82, 2.24) is 0 Å². The smallest absolute Gasteiger partial charge is 0.318 e.